The smallest absolute Gasteiger partial charge is 0.295 e. The number of alkyl halides is 2. The highest BCUT2D eigenvalue weighted by Crippen LogP contribution is 2.34. The maximum atomic E-state index is 14.3. The van der Waals surface area contributed by atoms with Gasteiger partial charge in [-0.2, -0.15) is 0 Å². The monoisotopic (exact) mass is 394 g/mol. The number of nitrogens with one attached hydrogen (secondary N) is 1. The first-order chi connectivity index (χ1) is 12.6. The fourth-order valence-corrected chi connectivity index (χ4v) is 3.71. The van der Waals surface area contributed by atoms with Gasteiger partial charge in [0.1, 0.15) is 10.7 Å². The summed E-state index contributed by atoms with van der Waals surface area (Å²) in [6.45, 7) is 3.74. The molecule has 0 fully saturated rings. The number of aromatic amines is 1. The summed E-state index contributed by atoms with van der Waals surface area (Å²) < 4.78 is 63.9. The van der Waals surface area contributed by atoms with Crippen molar-refractivity contribution in [2.75, 3.05) is 6.26 Å². The molecule has 8 heteroatoms. The van der Waals surface area contributed by atoms with Gasteiger partial charge >= 0.3 is 0 Å². The summed E-state index contributed by atoms with van der Waals surface area (Å²) >= 11 is 0. The standard InChI is InChI=1S/C19H17F3N2O2S/c1-10-6-11(2)8-13(7-10)17-16(23-19(24-17)18(21)22)12-4-5-15(14(20)9-12)27(3,25)26/h4-9,18H,1-3H3,(H,23,24). The Morgan fingerprint density at radius 1 is 1.00 bits per heavy atom. The molecule has 1 N–H and O–H groups in total. The molecule has 2 aromatic carbocycles. The molecule has 0 bridgehead atoms. The predicted octanol–water partition coefficient (Wildman–Crippen LogP) is 4.84. The maximum absolute atomic E-state index is 14.3. The van der Waals surface area contributed by atoms with Gasteiger partial charge in [0.25, 0.3) is 6.43 Å². The van der Waals surface area contributed by atoms with Crippen molar-refractivity contribution in [3.05, 3.63) is 59.2 Å². The Labute approximate surface area is 155 Å². The van der Waals surface area contributed by atoms with Crippen LogP contribution in [0.1, 0.15) is 23.4 Å². The minimum absolute atomic E-state index is 0.203. The van der Waals surface area contributed by atoms with Gasteiger partial charge in [-0.25, -0.2) is 26.6 Å². The lowest BCUT2D eigenvalue weighted by atomic mass is 10.0. The van der Waals surface area contributed by atoms with E-state index in [2.05, 4.69) is 9.97 Å². The van der Waals surface area contributed by atoms with Gasteiger partial charge < -0.3 is 4.98 Å². The number of sulfone groups is 1. The van der Waals surface area contributed by atoms with Gasteiger partial charge in [0.2, 0.25) is 0 Å². The topological polar surface area (TPSA) is 62.8 Å². The fourth-order valence-electron chi connectivity index (χ4n) is 2.98. The molecule has 3 aromatic rings. The van der Waals surface area contributed by atoms with Gasteiger partial charge in [-0.1, -0.05) is 23.3 Å². The second kappa shape index (κ2) is 6.84. The molecule has 0 radical (unpaired) electrons. The number of aryl methyl sites for hydroxylation is 2. The SMILES string of the molecule is Cc1cc(C)cc(-c2nc(C(F)F)[nH]c2-c2ccc(S(C)(=O)=O)c(F)c2)c1. The van der Waals surface area contributed by atoms with Gasteiger partial charge in [-0.15, -0.1) is 0 Å². The van der Waals surface area contributed by atoms with Gasteiger partial charge in [-0.3, -0.25) is 0 Å². The Balaban J connectivity index is 2.22. The summed E-state index contributed by atoms with van der Waals surface area (Å²) in [5.74, 6) is -1.48. The minimum Gasteiger partial charge on any atom is -0.337 e. The first kappa shape index (κ1) is 19.2. The molecule has 0 saturated heterocycles. The van der Waals surface area contributed by atoms with Crippen LogP contribution in [0, 0.1) is 19.7 Å². The van der Waals surface area contributed by atoms with Crippen LogP contribution in [0.25, 0.3) is 22.5 Å². The van der Waals surface area contributed by atoms with Crippen molar-refractivity contribution in [1.29, 1.82) is 0 Å². The summed E-state index contributed by atoms with van der Waals surface area (Å²) in [5.41, 5.74) is 3.15. The van der Waals surface area contributed by atoms with E-state index in [9.17, 15) is 21.6 Å². The average molecular weight is 394 g/mol. The van der Waals surface area contributed by atoms with Crippen molar-refractivity contribution in [2.45, 2.75) is 25.2 Å². The zero-order chi connectivity index (χ0) is 19.9. The number of hydrogen-bond acceptors (Lipinski definition) is 3. The molecule has 4 nitrogen and oxygen atoms in total. The highest BCUT2D eigenvalue weighted by Gasteiger charge is 2.21. The van der Waals surface area contributed by atoms with E-state index in [0.717, 1.165) is 29.5 Å². The van der Waals surface area contributed by atoms with E-state index < -0.39 is 32.8 Å². The molecule has 1 heterocycles. The summed E-state index contributed by atoms with van der Waals surface area (Å²) in [6, 6.07) is 9.02. The number of benzene rings is 2. The quantitative estimate of drug-likeness (QED) is 0.689. The summed E-state index contributed by atoms with van der Waals surface area (Å²) in [7, 11) is -3.74. The van der Waals surface area contributed by atoms with Crippen LogP contribution in [0.4, 0.5) is 13.2 Å². The highest BCUT2D eigenvalue weighted by molar-refractivity contribution is 7.90. The Morgan fingerprint density at radius 3 is 2.15 bits per heavy atom. The van der Waals surface area contributed by atoms with Crippen LogP contribution >= 0.6 is 0 Å². The predicted molar refractivity (Wildman–Crippen MR) is 97.0 cm³/mol. The molecule has 0 saturated carbocycles. The van der Waals surface area contributed by atoms with Crippen LogP contribution in [0.5, 0.6) is 0 Å². The van der Waals surface area contributed by atoms with Crippen molar-refractivity contribution in [2.24, 2.45) is 0 Å². The molecule has 0 aliphatic heterocycles. The van der Waals surface area contributed by atoms with Crippen LogP contribution in [-0.2, 0) is 9.84 Å². The maximum Gasteiger partial charge on any atom is 0.295 e. The molecule has 0 atom stereocenters. The fraction of sp³-hybridized carbons (Fsp3) is 0.211. The normalized spacial score (nSPS) is 12.0. The number of H-pyrrole nitrogens is 1. The first-order valence-electron chi connectivity index (χ1n) is 8.03. The Kier molecular flexibility index (Phi) is 4.86. The lowest BCUT2D eigenvalue weighted by Gasteiger charge is -2.07. The van der Waals surface area contributed by atoms with E-state index >= 15 is 0 Å². The molecule has 27 heavy (non-hydrogen) atoms. The van der Waals surface area contributed by atoms with Crippen LogP contribution < -0.4 is 0 Å². The number of imidazole rings is 1. The zero-order valence-corrected chi connectivity index (χ0v) is 15.7. The van der Waals surface area contributed by atoms with Gasteiger partial charge in [0.05, 0.1) is 11.4 Å². The van der Waals surface area contributed by atoms with Crippen molar-refractivity contribution in [1.82, 2.24) is 9.97 Å². The van der Waals surface area contributed by atoms with E-state index in [-0.39, 0.29) is 17.0 Å². The lowest BCUT2D eigenvalue weighted by molar-refractivity contribution is 0.141. The van der Waals surface area contributed by atoms with Crippen molar-refractivity contribution < 1.29 is 21.6 Å². The van der Waals surface area contributed by atoms with E-state index in [1.807, 2.05) is 19.9 Å². The number of nitrogens with zero attached hydrogens (tertiary/aromatic N) is 1. The molecular weight excluding hydrogens is 377 g/mol. The van der Waals surface area contributed by atoms with Crippen LogP contribution in [0.3, 0.4) is 0 Å². The van der Waals surface area contributed by atoms with Crippen LogP contribution in [0.2, 0.25) is 0 Å². The minimum atomic E-state index is -3.74. The molecule has 0 amide bonds. The molecule has 142 valence electrons. The number of aromatic nitrogens is 2. The van der Waals surface area contributed by atoms with Crippen LogP contribution in [0.15, 0.2) is 41.3 Å². The Morgan fingerprint density at radius 2 is 1.63 bits per heavy atom. The van der Waals surface area contributed by atoms with E-state index in [0.29, 0.717) is 5.56 Å². The molecule has 0 unspecified atom stereocenters. The molecule has 0 aliphatic carbocycles. The summed E-state index contributed by atoms with van der Waals surface area (Å²) in [4.78, 5) is 6.09. The third-order valence-electron chi connectivity index (χ3n) is 4.04. The van der Waals surface area contributed by atoms with Crippen molar-refractivity contribution >= 4 is 9.84 Å². The third kappa shape index (κ3) is 3.90. The van der Waals surface area contributed by atoms with Gasteiger partial charge in [-0.05, 0) is 38.1 Å². The Bertz CT molecular complexity index is 1100. The van der Waals surface area contributed by atoms with Gasteiger partial charge in [0, 0.05) is 17.4 Å². The second-order valence-corrected chi connectivity index (χ2v) is 8.42. The highest BCUT2D eigenvalue weighted by atomic mass is 32.2. The molecule has 0 spiro atoms. The largest absolute Gasteiger partial charge is 0.337 e. The molecule has 3 rings (SSSR count). The van der Waals surface area contributed by atoms with Gasteiger partial charge in [0.15, 0.2) is 15.7 Å². The molecule has 1 aromatic heterocycles. The molecule has 0 aliphatic rings. The number of halogens is 3. The Hall–Kier alpha value is -2.61. The first-order valence-corrected chi connectivity index (χ1v) is 9.92. The van der Waals surface area contributed by atoms with E-state index in [4.69, 9.17) is 0 Å². The van der Waals surface area contributed by atoms with Crippen LogP contribution in [-0.4, -0.2) is 24.6 Å². The lowest BCUT2D eigenvalue weighted by Crippen LogP contribution is -2.01. The number of rotatable bonds is 4. The second-order valence-electron chi connectivity index (χ2n) is 6.44. The van der Waals surface area contributed by atoms with E-state index in [1.54, 1.807) is 12.1 Å². The third-order valence-corrected chi connectivity index (χ3v) is 5.17. The summed E-state index contributed by atoms with van der Waals surface area (Å²) in [5, 5.41) is 0. The zero-order valence-electron chi connectivity index (χ0n) is 14.8. The molecular formula is C19H17F3N2O2S. The average Bonchev–Trinajstić information content (AvgIpc) is 2.98. The summed E-state index contributed by atoms with van der Waals surface area (Å²) in [6.07, 6.45) is -1.93. The van der Waals surface area contributed by atoms with Crippen molar-refractivity contribution in [3.63, 3.8) is 0 Å². The number of hydrogen-bond donors (Lipinski definition) is 1. The van der Waals surface area contributed by atoms with Crippen molar-refractivity contribution in [3.8, 4) is 22.5 Å². The van der Waals surface area contributed by atoms with E-state index in [1.165, 1.54) is 6.07 Å².